The second-order valence-electron chi connectivity index (χ2n) is 10.8. The second kappa shape index (κ2) is 10.0. The lowest BCUT2D eigenvalue weighted by Gasteiger charge is -2.29. The van der Waals surface area contributed by atoms with E-state index in [1.165, 1.54) is 4.90 Å². The van der Waals surface area contributed by atoms with Crippen LogP contribution in [0.15, 0.2) is 54.6 Å². The fourth-order valence-corrected chi connectivity index (χ4v) is 4.93. The number of nitrogens with one attached hydrogen (secondary N) is 2. The van der Waals surface area contributed by atoms with Gasteiger partial charge in [-0.05, 0) is 35.4 Å². The van der Waals surface area contributed by atoms with E-state index in [4.69, 9.17) is 4.74 Å². The highest BCUT2D eigenvalue weighted by atomic mass is 16.5. The normalized spacial score (nSPS) is 21.4. The average Bonchev–Trinajstić information content (AvgIpc) is 3.38. The van der Waals surface area contributed by atoms with E-state index in [-0.39, 0.29) is 36.8 Å². The summed E-state index contributed by atoms with van der Waals surface area (Å²) in [6.07, 6.45) is 0.565. The molecule has 1 spiro atoms. The Labute approximate surface area is 211 Å². The molecule has 2 aliphatic rings. The van der Waals surface area contributed by atoms with E-state index in [0.29, 0.717) is 18.5 Å². The summed E-state index contributed by atoms with van der Waals surface area (Å²) < 4.78 is 5.36. The molecule has 4 rings (SSSR count). The predicted molar refractivity (Wildman–Crippen MR) is 135 cm³/mol. The standard InChI is InChI=1S/C28H32N4O4/c1-27(2,3)14-13-23(31-26(35)36-17-19-9-5-4-6-10-19)24(33)32-18-28(15-20(32)16-29)21-11-7-8-12-22(21)30-25(28)34/h4-12,20,23H,13-15,17-18H2,1-3H3,(H,30,34)(H,31,35)/t20-,23-,28-/m0/s1. The highest BCUT2D eigenvalue weighted by molar-refractivity contribution is 6.07. The first-order chi connectivity index (χ1) is 17.1. The van der Waals surface area contributed by atoms with E-state index in [9.17, 15) is 19.6 Å². The van der Waals surface area contributed by atoms with Gasteiger partial charge < -0.3 is 20.3 Å². The molecule has 0 radical (unpaired) electrons. The molecule has 2 N–H and O–H groups in total. The fraction of sp³-hybridized carbons (Fsp3) is 0.429. The molecule has 2 aromatic rings. The number of carbonyl (C=O) groups excluding carboxylic acids is 3. The minimum atomic E-state index is -0.977. The quantitative estimate of drug-likeness (QED) is 0.635. The lowest BCUT2D eigenvalue weighted by molar-refractivity contribution is -0.134. The minimum absolute atomic E-state index is 0.0701. The van der Waals surface area contributed by atoms with Crippen molar-refractivity contribution < 1.29 is 19.1 Å². The molecular weight excluding hydrogens is 456 g/mol. The highest BCUT2D eigenvalue weighted by Crippen LogP contribution is 2.46. The Kier molecular flexibility index (Phi) is 7.02. The number of ether oxygens (including phenoxy) is 1. The molecule has 1 fully saturated rings. The maximum atomic E-state index is 13.8. The summed E-state index contributed by atoms with van der Waals surface area (Å²) in [5.74, 6) is -0.586. The molecule has 3 atom stereocenters. The molecular formula is C28H32N4O4. The number of hydrogen-bond acceptors (Lipinski definition) is 5. The van der Waals surface area contributed by atoms with Crippen molar-refractivity contribution in [1.82, 2.24) is 10.2 Å². The first-order valence-corrected chi connectivity index (χ1v) is 12.2. The fourth-order valence-electron chi connectivity index (χ4n) is 4.93. The SMILES string of the molecule is CC(C)(C)CC[C@H](NC(=O)OCc1ccccc1)C(=O)N1C[C@]2(C[C@H]1C#N)C(=O)Nc1ccccc12. The molecule has 188 valence electrons. The van der Waals surface area contributed by atoms with Gasteiger partial charge in [-0.1, -0.05) is 69.3 Å². The van der Waals surface area contributed by atoms with Crippen LogP contribution >= 0.6 is 0 Å². The van der Waals surface area contributed by atoms with Gasteiger partial charge >= 0.3 is 6.09 Å². The highest BCUT2D eigenvalue weighted by Gasteiger charge is 2.56. The van der Waals surface area contributed by atoms with Crippen LogP contribution < -0.4 is 10.6 Å². The monoisotopic (exact) mass is 488 g/mol. The Morgan fingerprint density at radius 3 is 2.58 bits per heavy atom. The lowest BCUT2D eigenvalue weighted by atomic mass is 9.80. The molecule has 8 heteroatoms. The van der Waals surface area contributed by atoms with Crippen LogP contribution in [0.1, 0.15) is 51.2 Å². The van der Waals surface area contributed by atoms with Crippen molar-refractivity contribution in [3.8, 4) is 6.07 Å². The molecule has 2 aliphatic heterocycles. The second-order valence-corrected chi connectivity index (χ2v) is 10.8. The van der Waals surface area contributed by atoms with Crippen LogP contribution in [0.2, 0.25) is 0 Å². The number of carbonyl (C=O) groups is 3. The van der Waals surface area contributed by atoms with Gasteiger partial charge in [0.1, 0.15) is 18.7 Å². The third-order valence-corrected chi connectivity index (χ3v) is 6.90. The van der Waals surface area contributed by atoms with Crippen LogP contribution in [-0.4, -0.2) is 41.4 Å². The summed E-state index contributed by atoms with van der Waals surface area (Å²) in [5.41, 5.74) is 1.29. The molecule has 0 aliphatic carbocycles. The van der Waals surface area contributed by atoms with Gasteiger partial charge in [0.2, 0.25) is 11.8 Å². The Bertz CT molecular complexity index is 1180. The van der Waals surface area contributed by atoms with E-state index < -0.39 is 23.6 Å². The average molecular weight is 489 g/mol. The summed E-state index contributed by atoms with van der Waals surface area (Å²) in [7, 11) is 0. The molecule has 0 aromatic heterocycles. The van der Waals surface area contributed by atoms with Crippen molar-refractivity contribution in [2.45, 2.75) is 64.1 Å². The lowest BCUT2D eigenvalue weighted by Crippen LogP contribution is -2.51. The van der Waals surface area contributed by atoms with E-state index in [0.717, 1.165) is 11.1 Å². The maximum Gasteiger partial charge on any atom is 0.408 e. The number of likely N-dealkylation sites (tertiary alicyclic amines) is 1. The molecule has 2 heterocycles. The number of hydrogen-bond donors (Lipinski definition) is 2. The van der Waals surface area contributed by atoms with Crippen LogP contribution in [-0.2, 0) is 26.3 Å². The Balaban J connectivity index is 1.53. The number of benzene rings is 2. The van der Waals surface area contributed by atoms with Crippen molar-refractivity contribution in [2.75, 3.05) is 11.9 Å². The van der Waals surface area contributed by atoms with Gasteiger partial charge in [-0.15, -0.1) is 0 Å². The van der Waals surface area contributed by atoms with Gasteiger partial charge in [-0.3, -0.25) is 9.59 Å². The minimum Gasteiger partial charge on any atom is -0.445 e. The molecule has 3 amide bonds. The summed E-state index contributed by atoms with van der Waals surface area (Å²) in [6.45, 7) is 6.35. The Morgan fingerprint density at radius 2 is 1.89 bits per heavy atom. The van der Waals surface area contributed by atoms with Crippen LogP contribution in [0.5, 0.6) is 0 Å². The summed E-state index contributed by atoms with van der Waals surface area (Å²) >= 11 is 0. The number of anilines is 1. The molecule has 0 saturated carbocycles. The Morgan fingerprint density at radius 1 is 1.19 bits per heavy atom. The largest absolute Gasteiger partial charge is 0.445 e. The van der Waals surface area contributed by atoms with E-state index in [2.05, 4.69) is 37.5 Å². The Hall–Kier alpha value is -3.86. The third kappa shape index (κ3) is 5.20. The van der Waals surface area contributed by atoms with Gasteiger partial charge in [0.15, 0.2) is 0 Å². The number of nitrogens with zero attached hydrogens (tertiary/aromatic N) is 2. The smallest absolute Gasteiger partial charge is 0.408 e. The molecule has 2 aromatic carbocycles. The van der Waals surface area contributed by atoms with E-state index in [1.54, 1.807) is 0 Å². The zero-order valence-electron chi connectivity index (χ0n) is 20.9. The summed E-state index contributed by atoms with van der Waals surface area (Å²) in [4.78, 5) is 40.9. The first-order valence-electron chi connectivity index (χ1n) is 12.2. The van der Waals surface area contributed by atoms with Gasteiger partial charge in [0, 0.05) is 18.7 Å². The molecule has 0 unspecified atom stereocenters. The summed E-state index contributed by atoms with van der Waals surface area (Å²) in [6, 6.07) is 17.2. The number of para-hydroxylation sites is 1. The van der Waals surface area contributed by atoms with E-state index in [1.807, 2.05) is 54.6 Å². The van der Waals surface area contributed by atoms with Gasteiger partial charge in [0.05, 0.1) is 11.5 Å². The molecule has 8 nitrogen and oxygen atoms in total. The number of amides is 3. The van der Waals surface area contributed by atoms with Crippen LogP contribution in [0.3, 0.4) is 0 Å². The van der Waals surface area contributed by atoms with Crippen molar-refractivity contribution in [3.63, 3.8) is 0 Å². The molecule has 1 saturated heterocycles. The number of nitriles is 1. The number of fused-ring (bicyclic) bond motifs is 2. The zero-order chi connectivity index (χ0) is 25.9. The predicted octanol–water partition coefficient (Wildman–Crippen LogP) is 4.12. The van der Waals surface area contributed by atoms with Crippen LogP contribution in [0, 0.1) is 16.7 Å². The van der Waals surface area contributed by atoms with Crippen molar-refractivity contribution in [3.05, 3.63) is 65.7 Å². The summed E-state index contributed by atoms with van der Waals surface area (Å²) in [5, 5.41) is 15.5. The van der Waals surface area contributed by atoms with Crippen molar-refractivity contribution in [2.24, 2.45) is 5.41 Å². The zero-order valence-corrected chi connectivity index (χ0v) is 20.9. The van der Waals surface area contributed by atoms with Crippen LogP contribution in [0.25, 0.3) is 0 Å². The van der Waals surface area contributed by atoms with E-state index >= 15 is 0 Å². The third-order valence-electron chi connectivity index (χ3n) is 6.90. The van der Waals surface area contributed by atoms with Crippen LogP contribution in [0.4, 0.5) is 10.5 Å². The maximum absolute atomic E-state index is 13.8. The number of rotatable bonds is 6. The first kappa shape index (κ1) is 25.2. The van der Waals surface area contributed by atoms with Crippen molar-refractivity contribution >= 4 is 23.6 Å². The molecule has 0 bridgehead atoms. The van der Waals surface area contributed by atoms with Crippen molar-refractivity contribution in [1.29, 1.82) is 5.26 Å². The number of alkyl carbamates (subject to hydrolysis) is 1. The molecule has 36 heavy (non-hydrogen) atoms. The van der Waals surface area contributed by atoms with Gasteiger partial charge in [0.25, 0.3) is 0 Å². The van der Waals surface area contributed by atoms with Gasteiger partial charge in [-0.2, -0.15) is 5.26 Å². The topological polar surface area (TPSA) is 112 Å². The van der Waals surface area contributed by atoms with Gasteiger partial charge in [-0.25, -0.2) is 4.79 Å².